The van der Waals surface area contributed by atoms with Gasteiger partial charge in [0, 0.05) is 19.0 Å². The van der Waals surface area contributed by atoms with Crippen molar-refractivity contribution in [2.45, 2.75) is 32.1 Å². The first-order chi connectivity index (χ1) is 11.8. The lowest BCUT2D eigenvalue weighted by atomic mass is 10.1. The second kappa shape index (κ2) is 6.19. The summed E-state index contributed by atoms with van der Waals surface area (Å²) in [6.07, 6.45) is -4.32. The van der Waals surface area contributed by atoms with Gasteiger partial charge in [-0.05, 0) is 11.6 Å². The molecule has 0 bridgehead atoms. The molecule has 2 aromatic rings. The number of hydrogen-bond donors (Lipinski definition) is 2. The second-order valence-corrected chi connectivity index (χ2v) is 5.56. The van der Waals surface area contributed by atoms with Gasteiger partial charge >= 0.3 is 6.18 Å². The number of H-pyrrole nitrogens is 1. The third-order valence-corrected chi connectivity index (χ3v) is 3.83. The van der Waals surface area contributed by atoms with Crippen molar-refractivity contribution in [1.29, 1.82) is 0 Å². The van der Waals surface area contributed by atoms with E-state index >= 15 is 0 Å². The standard InChI is InChI=1S/C15H14F3N5O2/c1-8(24)23-10-5-3-2-4-9(10)6-11(23)13(25)19-7-12-20-14(22-21-12)15(16,17)18/h2-5,11H,6-7H2,1H3,(H,19,25)(H,20,21,22)/t11-/m0/s1. The van der Waals surface area contributed by atoms with Crippen molar-refractivity contribution in [1.82, 2.24) is 20.5 Å². The number of carbonyl (C=O) groups is 2. The van der Waals surface area contributed by atoms with Gasteiger partial charge < -0.3 is 5.32 Å². The number of para-hydroxylation sites is 1. The minimum atomic E-state index is -4.66. The molecule has 25 heavy (non-hydrogen) atoms. The van der Waals surface area contributed by atoms with Gasteiger partial charge in [0.05, 0.1) is 6.54 Å². The molecule has 7 nitrogen and oxygen atoms in total. The van der Waals surface area contributed by atoms with Gasteiger partial charge in [-0.25, -0.2) is 4.98 Å². The van der Waals surface area contributed by atoms with Gasteiger partial charge in [-0.1, -0.05) is 18.2 Å². The summed E-state index contributed by atoms with van der Waals surface area (Å²) in [4.78, 5) is 29.0. The van der Waals surface area contributed by atoms with Crippen molar-refractivity contribution < 1.29 is 22.8 Å². The molecule has 3 rings (SSSR count). The largest absolute Gasteiger partial charge is 0.453 e. The van der Waals surface area contributed by atoms with Gasteiger partial charge in [0.25, 0.3) is 5.82 Å². The molecule has 1 aliphatic rings. The summed E-state index contributed by atoms with van der Waals surface area (Å²) in [5, 5.41) is 7.69. The first-order valence-corrected chi connectivity index (χ1v) is 7.41. The Morgan fingerprint density at radius 3 is 2.72 bits per heavy atom. The lowest BCUT2D eigenvalue weighted by Gasteiger charge is -2.23. The Kier molecular flexibility index (Phi) is 4.19. The number of rotatable bonds is 3. The molecule has 1 atom stereocenters. The number of carbonyl (C=O) groups excluding carboxylic acids is 2. The molecule has 10 heteroatoms. The van der Waals surface area contributed by atoms with Crippen molar-refractivity contribution in [3.05, 3.63) is 41.5 Å². The van der Waals surface area contributed by atoms with E-state index in [1.165, 1.54) is 11.8 Å². The van der Waals surface area contributed by atoms with Crippen molar-refractivity contribution in [3.8, 4) is 0 Å². The number of alkyl halides is 3. The van der Waals surface area contributed by atoms with Crippen LogP contribution in [-0.2, 0) is 28.7 Å². The number of fused-ring (bicyclic) bond motifs is 1. The fourth-order valence-corrected chi connectivity index (χ4v) is 2.77. The predicted octanol–water partition coefficient (Wildman–Crippen LogP) is 1.42. The summed E-state index contributed by atoms with van der Waals surface area (Å²) >= 11 is 0. The van der Waals surface area contributed by atoms with Gasteiger partial charge in [0.2, 0.25) is 11.8 Å². The van der Waals surface area contributed by atoms with Crippen LogP contribution in [0.25, 0.3) is 0 Å². The lowest BCUT2D eigenvalue weighted by molar-refractivity contribution is -0.144. The van der Waals surface area contributed by atoms with E-state index in [0.717, 1.165) is 5.56 Å². The molecule has 0 spiro atoms. The number of benzene rings is 1. The number of amides is 2. The molecule has 2 heterocycles. The fraction of sp³-hybridized carbons (Fsp3) is 0.333. The number of halogens is 3. The smallest absolute Gasteiger partial charge is 0.347 e. The molecule has 0 aliphatic carbocycles. The number of nitrogens with one attached hydrogen (secondary N) is 2. The van der Waals surface area contributed by atoms with E-state index in [1.807, 2.05) is 12.1 Å². The summed E-state index contributed by atoms with van der Waals surface area (Å²) < 4.78 is 37.4. The van der Waals surface area contributed by atoms with Crippen LogP contribution in [0.5, 0.6) is 0 Å². The maximum absolute atomic E-state index is 12.5. The molecular formula is C15H14F3N5O2. The van der Waals surface area contributed by atoms with Crippen molar-refractivity contribution >= 4 is 17.5 Å². The van der Waals surface area contributed by atoms with E-state index in [1.54, 1.807) is 12.1 Å². The summed E-state index contributed by atoms with van der Waals surface area (Å²) in [6.45, 7) is 1.11. The number of aromatic nitrogens is 3. The second-order valence-electron chi connectivity index (χ2n) is 5.56. The molecule has 0 fully saturated rings. The molecule has 0 radical (unpaired) electrons. The van der Waals surface area contributed by atoms with Gasteiger partial charge in [-0.3, -0.25) is 19.6 Å². The fourth-order valence-electron chi connectivity index (χ4n) is 2.77. The third kappa shape index (κ3) is 3.32. The molecular weight excluding hydrogens is 339 g/mol. The van der Waals surface area contributed by atoms with E-state index in [-0.39, 0.29) is 18.3 Å². The van der Waals surface area contributed by atoms with E-state index in [9.17, 15) is 22.8 Å². The summed E-state index contributed by atoms with van der Waals surface area (Å²) in [6, 6.07) is 6.40. The Labute approximate surface area is 140 Å². The van der Waals surface area contributed by atoms with Gasteiger partial charge in [-0.2, -0.15) is 13.2 Å². The summed E-state index contributed by atoms with van der Waals surface area (Å²) in [7, 11) is 0. The Balaban J connectivity index is 1.69. The van der Waals surface area contributed by atoms with E-state index in [4.69, 9.17) is 0 Å². The zero-order chi connectivity index (χ0) is 18.2. The number of anilines is 1. The highest BCUT2D eigenvalue weighted by Crippen LogP contribution is 2.32. The molecule has 0 unspecified atom stereocenters. The quantitative estimate of drug-likeness (QED) is 0.873. The van der Waals surface area contributed by atoms with Crippen molar-refractivity contribution in [2.24, 2.45) is 0 Å². The van der Waals surface area contributed by atoms with Crippen LogP contribution in [0.1, 0.15) is 24.1 Å². The Morgan fingerprint density at radius 1 is 1.36 bits per heavy atom. The normalized spacial score (nSPS) is 16.6. The monoisotopic (exact) mass is 353 g/mol. The maximum Gasteiger partial charge on any atom is 0.453 e. The van der Waals surface area contributed by atoms with Crippen LogP contribution in [0.3, 0.4) is 0 Å². The maximum atomic E-state index is 12.5. The van der Waals surface area contributed by atoms with Crippen LogP contribution in [0.15, 0.2) is 24.3 Å². The molecule has 1 aromatic heterocycles. The topological polar surface area (TPSA) is 91.0 Å². The van der Waals surface area contributed by atoms with E-state index in [2.05, 4.69) is 20.5 Å². The molecule has 2 amide bonds. The minimum Gasteiger partial charge on any atom is -0.347 e. The average Bonchev–Trinajstić information content (AvgIpc) is 3.16. The first kappa shape index (κ1) is 16.9. The van der Waals surface area contributed by atoms with Gasteiger partial charge in [-0.15, -0.1) is 5.10 Å². The summed E-state index contributed by atoms with van der Waals surface area (Å²) in [5.41, 5.74) is 1.52. The first-order valence-electron chi connectivity index (χ1n) is 7.41. The van der Waals surface area contributed by atoms with Gasteiger partial charge in [0.15, 0.2) is 0 Å². The molecule has 132 valence electrons. The van der Waals surface area contributed by atoms with E-state index < -0.39 is 23.9 Å². The van der Waals surface area contributed by atoms with E-state index in [0.29, 0.717) is 12.1 Å². The zero-order valence-electron chi connectivity index (χ0n) is 13.1. The third-order valence-electron chi connectivity index (χ3n) is 3.83. The SMILES string of the molecule is CC(=O)N1c2ccccc2C[C@H]1C(=O)NCc1nc(C(F)(F)F)n[nH]1. The van der Waals surface area contributed by atoms with Crippen LogP contribution in [-0.4, -0.2) is 33.0 Å². The number of hydrogen-bond acceptors (Lipinski definition) is 4. The molecule has 0 saturated heterocycles. The Bertz CT molecular complexity index is 817. The predicted molar refractivity (Wildman–Crippen MR) is 80.3 cm³/mol. The highest BCUT2D eigenvalue weighted by atomic mass is 19.4. The molecule has 2 N–H and O–H groups in total. The van der Waals surface area contributed by atoms with Crippen LogP contribution >= 0.6 is 0 Å². The van der Waals surface area contributed by atoms with Crippen molar-refractivity contribution in [2.75, 3.05) is 4.90 Å². The number of aromatic amines is 1. The van der Waals surface area contributed by atoms with Crippen LogP contribution in [0.2, 0.25) is 0 Å². The summed E-state index contributed by atoms with van der Waals surface area (Å²) in [5.74, 6) is -2.18. The Hall–Kier alpha value is -2.91. The van der Waals surface area contributed by atoms with Gasteiger partial charge in [0.1, 0.15) is 11.9 Å². The zero-order valence-corrected chi connectivity index (χ0v) is 13.1. The molecule has 1 aliphatic heterocycles. The lowest BCUT2D eigenvalue weighted by Crippen LogP contribution is -2.47. The van der Waals surface area contributed by atoms with Crippen LogP contribution < -0.4 is 10.2 Å². The Morgan fingerprint density at radius 2 is 2.08 bits per heavy atom. The molecule has 1 aromatic carbocycles. The highest BCUT2D eigenvalue weighted by Gasteiger charge is 2.37. The minimum absolute atomic E-state index is 0.120. The van der Waals surface area contributed by atoms with Crippen LogP contribution in [0, 0.1) is 0 Å². The molecule has 0 saturated carbocycles. The van der Waals surface area contributed by atoms with Crippen molar-refractivity contribution in [3.63, 3.8) is 0 Å². The van der Waals surface area contributed by atoms with Crippen LogP contribution in [0.4, 0.5) is 18.9 Å². The number of nitrogens with zero attached hydrogens (tertiary/aromatic N) is 3. The highest BCUT2D eigenvalue weighted by molar-refractivity contribution is 6.02. The average molecular weight is 353 g/mol.